The second-order valence-corrected chi connectivity index (χ2v) is 5.16. The molecule has 0 spiro atoms. The largest absolute Gasteiger partial charge is 0.494 e. The maximum atomic E-state index is 13.3. The Kier molecular flexibility index (Phi) is 4.04. The summed E-state index contributed by atoms with van der Waals surface area (Å²) in [6.07, 6.45) is 1.86. The number of piperidine rings is 1. The van der Waals surface area contributed by atoms with Gasteiger partial charge in [0.2, 0.25) is 0 Å². The van der Waals surface area contributed by atoms with Crippen molar-refractivity contribution < 1.29 is 9.13 Å². The van der Waals surface area contributed by atoms with E-state index in [0.717, 1.165) is 25.9 Å². The lowest BCUT2D eigenvalue weighted by molar-refractivity contribution is 0.326. The minimum absolute atomic E-state index is 0.146. The molecule has 5 heteroatoms. The first kappa shape index (κ1) is 13.8. The molecule has 104 valence electrons. The van der Waals surface area contributed by atoms with Crippen molar-refractivity contribution in [3.05, 3.63) is 24.0 Å². The Balaban J connectivity index is 2.10. The highest BCUT2D eigenvalue weighted by Crippen LogP contribution is 2.30. The number of nitrogens with one attached hydrogen (secondary N) is 3. The molecule has 1 saturated heterocycles. The van der Waals surface area contributed by atoms with Gasteiger partial charge in [0.05, 0.1) is 7.11 Å². The van der Waals surface area contributed by atoms with E-state index in [0.29, 0.717) is 11.5 Å². The molecule has 0 unspecified atom stereocenters. The van der Waals surface area contributed by atoms with Gasteiger partial charge in [-0.1, -0.05) is 6.92 Å². The third-order valence-electron chi connectivity index (χ3n) is 3.73. The van der Waals surface area contributed by atoms with Gasteiger partial charge in [-0.3, -0.25) is 5.41 Å². The summed E-state index contributed by atoms with van der Waals surface area (Å²) in [6, 6.07) is 4.55. The molecular weight excluding hydrogens is 245 g/mol. The van der Waals surface area contributed by atoms with Gasteiger partial charge in [0, 0.05) is 17.2 Å². The number of anilines is 1. The van der Waals surface area contributed by atoms with Crippen molar-refractivity contribution in [1.82, 2.24) is 5.32 Å². The Morgan fingerprint density at radius 2 is 2.11 bits per heavy atom. The molecule has 0 aromatic heterocycles. The van der Waals surface area contributed by atoms with Gasteiger partial charge in [-0.2, -0.15) is 0 Å². The quantitative estimate of drug-likeness (QED) is 0.581. The van der Waals surface area contributed by atoms with E-state index in [1.54, 1.807) is 12.1 Å². The summed E-state index contributed by atoms with van der Waals surface area (Å²) < 4.78 is 18.3. The zero-order valence-electron chi connectivity index (χ0n) is 11.3. The number of hydrogen-bond donors (Lipinski definition) is 3. The topological polar surface area (TPSA) is 57.1 Å². The summed E-state index contributed by atoms with van der Waals surface area (Å²) in [6.45, 7) is 3.94. The van der Waals surface area contributed by atoms with E-state index in [1.165, 1.54) is 13.2 Å². The molecule has 0 atom stereocenters. The number of methoxy groups -OCH3 is 1. The lowest BCUT2D eigenvalue weighted by Crippen LogP contribution is -2.42. The van der Waals surface area contributed by atoms with Crippen LogP contribution in [0.25, 0.3) is 0 Å². The van der Waals surface area contributed by atoms with Gasteiger partial charge >= 0.3 is 0 Å². The average molecular weight is 265 g/mol. The predicted octanol–water partition coefficient (Wildman–Crippen LogP) is 2.61. The van der Waals surface area contributed by atoms with Gasteiger partial charge in [0.1, 0.15) is 5.84 Å². The SMILES string of the molecule is COc1cc(NC(=N)C2(C)CCNCC2)ccc1F. The maximum absolute atomic E-state index is 13.3. The molecule has 1 aromatic carbocycles. The van der Waals surface area contributed by atoms with Gasteiger partial charge in [-0.05, 0) is 38.1 Å². The van der Waals surface area contributed by atoms with Gasteiger partial charge in [-0.25, -0.2) is 4.39 Å². The van der Waals surface area contributed by atoms with Crippen LogP contribution in [-0.4, -0.2) is 26.0 Å². The van der Waals surface area contributed by atoms with Crippen LogP contribution < -0.4 is 15.4 Å². The molecule has 1 aromatic rings. The highest BCUT2D eigenvalue weighted by molar-refractivity contribution is 5.97. The maximum Gasteiger partial charge on any atom is 0.165 e. The summed E-state index contributed by atoms with van der Waals surface area (Å²) >= 11 is 0. The number of halogens is 1. The lowest BCUT2D eigenvalue weighted by Gasteiger charge is -2.34. The fourth-order valence-electron chi connectivity index (χ4n) is 2.26. The molecule has 0 aliphatic carbocycles. The molecular formula is C14H20FN3O. The predicted molar refractivity (Wildman–Crippen MR) is 74.5 cm³/mol. The molecule has 2 rings (SSSR count). The summed E-state index contributed by atoms with van der Waals surface area (Å²) in [7, 11) is 1.43. The van der Waals surface area contributed by atoms with E-state index in [1.807, 2.05) is 0 Å². The van der Waals surface area contributed by atoms with E-state index in [2.05, 4.69) is 17.6 Å². The van der Waals surface area contributed by atoms with Crippen molar-refractivity contribution in [3.63, 3.8) is 0 Å². The number of benzene rings is 1. The van der Waals surface area contributed by atoms with Crippen molar-refractivity contribution in [3.8, 4) is 5.75 Å². The van der Waals surface area contributed by atoms with Crippen LogP contribution in [0.3, 0.4) is 0 Å². The third-order valence-corrected chi connectivity index (χ3v) is 3.73. The molecule has 0 amide bonds. The highest BCUT2D eigenvalue weighted by Gasteiger charge is 2.31. The zero-order valence-corrected chi connectivity index (χ0v) is 11.3. The van der Waals surface area contributed by atoms with Crippen LogP contribution in [0.2, 0.25) is 0 Å². The van der Waals surface area contributed by atoms with Crippen molar-refractivity contribution in [2.75, 3.05) is 25.5 Å². The molecule has 1 aliphatic rings. The fourth-order valence-corrected chi connectivity index (χ4v) is 2.26. The first-order chi connectivity index (χ1) is 9.05. The van der Waals surface area contributed by atoms with Gasteiger partial charge in [0.15, 0.2) is 11.6 Å². The zero-order chi connectivity index (χ0) is 13.9. The second-order valence-electron chi connectivity index (χ2n) is 5.16. The molecule has 0 saturated carbocycles. The summed E-state index contributed by atoms with van der Waals surface area (Å²) in [4.78, 5) is 0. The van der Waals surface area contributed by atoms with Crippen LogP contribution in [0.4, 0.5) is 10.1 Å². The number of ether oxygens (including phenoxy) is 1. The molecule has 1 aliphatic heterocycles. The minimum atomic E-state index is -0.396. The van der Waals surface area contributed by atoms with Crippen molar-refractivity contribution >= 4 is 11.5 Å². The molecule has 3 N–H and O–H groups in total. The van der Waals surface area contributed by atoms with E-state index in [4.69, 9.17) is 10.1 Å². The molecule has 1 heterocycles. The van der Waals surface area contributed by atoms with Gasteiger partial charge in [0.25, 0.3) is 0 Å². The molecule has 19 heavy (non-hydrogen) atoms. The van der Waals surface area contributed by atoms with Crippen molar-refractivity contribution in [2.24, 2.45) is 5.41 Å². The minimum Gasteiger partial charge on any atom is -0.494 e. The van der Waals surface area contributed by atoms with E-state index in [9.17, 15) is 4.39 Å². The Hall–Kier alpha value is -1.62. The normalized spacial score (nSPS) is 17.8. The number of rotatable bonds is 3. The standard InChI is InChI=1S/C14H20FN3O/c1-14(5-7-17-8-6-14)13(16)18-10-3-4-11(15)12(9-10)19-2/h3-4,9,17H,5-8H2,1-2H3,(H2,16,18). The van der Waals surface area contributed by atoms with Crippen LogP contribution in [0.1, 0.15) is 19.8 Å². The van der Waals surface area contributed by atoms with Gasteiger partial charge in [-0.15, -0.1) is 0 Å². The Morgan fingerprint density at radius 3 is 2.74 bits per heavy atom. The first-order valence-electron chi connectivity index (χ1n) is 6.45. The van der Waals surface area contributed by atoms with Crippen LogP contribution in [-0.2, 0) is 0 Å². The van der Waals surface area contributed by atoms with E-state index < -0.39 is 5.82 Å². The monoisotopic (exact) mass is 265 g/mol. The van der Waals surface area contributed by atoms with Gasteiger partial charge < -0.3 is 15.4 Å². The Labute approximate surface area is 112 Å². The van der Waals surface area contributed by atoms with Crippen LogP contribution >= 0.6 is 0 Å². The first-order valence-corrected chi connectivity index (χ1v) is 6.45. The molecule has 0 radical (unpaired) electrons. The average Bonchev–Trinajstić information content (AvgIpc) is 2.41. The van der Waals surface area contributed by atoms with Crippen molar-refractivity contribution in [2.45, 2.75) is 19.8 Å². The Morgan fingerprint density at radius 1 is 1.42 bits per heavy atom. The fraction of sp³-hybridized carbons (Fsp3) is 0.500. The third kappa shape index (κ3) is 3.04. The number of amidine groups is 1. The smallest absolute Gasteiger partial charge is 0.165 e. The molecule has 0 bridgehead atoms. The van der Waals surface area contributed by atoms with Crippen LogP contribution in [0.15, 0.2) is 18.2 Å². The number of hydrogen-bond acceptors (Lipinski definition) is 3. The van der Waals surface area contributed by atoms with E-state index in [-0.39, 0.29) is 11.2 Å². The Bertz CT molecular complexity index is 470. The van der Waals surface area contributed by atoms with Crippen LogP contribution in [0, 0.1) is 16.6 Å². The molecule has 1 fully saturated rings. The van der Waals surface area contributed by atoms with Crippen LogP contribution in [0.5, 0.6) is 5.75 Å². The summed E-state index contributed by atoms with van der Waals surface area (Å²) in [5.41, 5.74) is 0.537. The lowest BCUT2D eigenvalue weighted by atomic mass is 9.79. The van der Waals surface area contributed by atoms with E-state index >= 15 is 0 Å². The summed E-state index contributed by atoms with van der Waals surface area (Å²) in [5, 5.41) is 14.6. The highest BCUT2D eigenvalue weighted by atomic mass is 19.1. The molecule has 4 nitrogen and oxygen atoms in total. The second kappa shape index (κ2) is 5.57. The van der Waals surface area contributed by atoms with Crippen molar-refractivity contribution in [1.29, 1.82) is 5.41 Å². The summed E-state index contributed by atoms with van der Waals surface area (Å²) in [5.74, 6) is 0.267.